The second-order valence-corrected chi connectivity index (χ2v) is 5.10. The molecule has 2 rings (SSSR count). The molecule has 0 aromatic carbocycles. The van der Waals surface area contributed by atoms with E-state index in [2.05, 4.69) is 20.9 Å². The predicted molar refractivity (Wildman–Crippen MR) is 64.4 cm³/mol. The molecule has 0 bridgehead atoms. The molecular formula is C11H13BrN2O3. The highest BCUT2D eigenvalue weighted by atomic mass is 79.9. The van der Waals surface area contributed by atoms with Gasteiger partial charge in [-0.25, -0.2) is 0 Å². The monoisotopic (exact) mass is 300 g/mol. The number of carboxylic acid groups (broad SMARTS) is 1. The molecule has 2 N–H and O–H groups in total. The highest BCUT2D eigenvalue weighted by molar-refractivity contribution is 9.10. The van der Waals surface area contributed by atoms with Crippen molar-refractivity contribution < 1.29 is 15.0 Å². The van der Waals surface area contributed by atoms with E-state index in [0.717, 1.165) is 10.0 Å². The van der Waals surface area contributed by atoms with E-state index in [1.54, 1.807) is 17.3 Å². The molecule has 2 heterocycles. The minimum Gasteiger partial charge on any atom is -0.480 e. The highest BCUT2D eigenvalue weighted by Crippen LogP contribution is 2.21. The van der Waals surface area contributed by atoms with Gasteiger partial charge in [0.2, 0.25) is 0 Å². The van der Waals surface area contributed by atoms with Gasteiger partial charge in [-0.3, -0.25) is 14.7 Å². The second kappa shape index (κ2) is 5.12. The lowest BCUT2D eigenvalue weighted by molar-refractivity contribution is -0.142. The van der Waals surface area contributed by atoms with Crippen LogP contribution in [0.5, 0.6) is 0 Å². The fourth-order valence-electron chi connectivity index (χ4n) is 2.09. The molecular weight excluding hydrogens is 288 g/mol. The summed E-state index contributed by atoms with van der Waals surface area (Å²) in [5.74, 6) is -0.885. The summed E-state index contributed by atoms with van der Waals surface area (Å²) in [5.41, 5.74) is 0.930. The van der Waals surface area contributed by atoms with Gasteiger partial charge < -0.3 is 10.2 Å². The molecule has 1 aromatic rings. The maximum Gasteiger partial charge on any atom is 0.321 e. The van der Waals surface area contributed by atoms with E-state index < -0.39 is 18.1 Å². The number of β-amino-alcohol motifs (C(OH)–C–C–N with tert-alkyl or cyclic N) is 1. The van der Waals surface area contributed by atoms with Crippen LogP contribution in [0.2, 0.25) is 0 Å². The molecule has 0 spiro atoms. The van der Waals surface area contributed by atoms with Crippen molar-refractivity contribution in [3.05, 3.63) is 28.5 Å². The minimum atomic E-state index is -0.885. The fraction of sp³-hybridized carbons (Fsp3) is 0.455. The van der Waals surface area contributed by atoms with Crippen molar-refractivity contribution in [2.45, 2.75) is 25.1 Å². The van der Waals surface area contributed by atoms with Crippen LogP contribution in [-0.4, -0.2) is 44.8 Å². The quantitative estimate of drug-likeness (QED) is 0.866. The van der Waals surface area contributed by atoms with Crippen molar-refractivity contribution in [1.82, 2.24) is 9.88 Å². The van der Waals surface area contributed by atoms with E-state index in [9.17, 15) is 9.90 Å². The van der Waals surface area contributed by atoms with Crippen molar-refractivity contribution in [3.8, 4) is 0 Å². The maximum atomic E-state index is 11.0. The minimum absolute atomic E-state index is 0.288. The number of hydrogen-bond donors (Lipinski definition) is 2. The van der Waals surface area contributed by atoms with Gasteiger partial charge in [-0.2, -0.15) is 0 Å². The predicted octanol–water partition coefficient (Wildman–Crippen LogP) is 0.864. The molecule has 0 saturated carbocycles. The smallest absolute Gasteiger partial charge is 0.321 e. The van der Waals surface area contributed by atoms with Crippen LogP contribution in [0.3, 0.4) is 0 Å². The molecule has 1 aliphatic heterocycles. The first kappa shape index (κ1) is 12.5. The molecule has 17 heavy (non-hydrogen) atoms. The Morgan fingerprint density at radius 3 is 3.00 bits per heavy atom. The molecule has 0 amide bonds. The summed E-state index contributed by atoms with van der Waals surface area (Å²) in [5, 5.41) is 18.6. The lowest BCUT2D eigenvalue weighted by Gasteiger charge is -2.20. The molecule has 1 fully saturated rings. The lowest BCUT2D eigenvalue weighted by atomic mass is 10.2. The average molecular weight is 301 g/mol. The first-order chi connectivity index (χ1) is 8.06. The summed E-state index contributed by atoms with van der Waals surface area (Å²) in [7, 11) is 0. The van der Waals surface area contributed by atoms with Crippen LogP contribution in [0.15, 0.2) is 22.9 Å². The van der Waals surface area contributed by atoms with Crippen LogP contribution >= 0.6 is 15.9 Å². The van der Waals surface area contributed by atoms with E-state index in [-0.39, 0.29) is 6.42 Å². The topological polar surface area (TPSA) is 73.7 Å². The molecule has 0 radical (unpaired) electrons. The van der Waals surface area contributed by atoms with Crippen LogP contribution in [-0.2, 0) is 11.3 Å². The number of rotatable bonds is 3. The Hall–Kier alpha value is -0.980. The number of carbonyl (C=O) groups is 1. The van der Waals surface area contributed by atoms with E-state index in [1.807, 2.05) is 6.07 Å². The molecule has 2 unspecified atom stereocenters. The van der Waals surface area contributed by atoms with Gasteiger partial charge in [-0.05, 0) is 27.6 Å². The first-order valence-corrected chi connectivity index (χ1v) is 6.10. The summed E-state index contributed by atoms with van der Waals surface area (Å²) >= 11 is 3.32. The second-order valence-electron chi connectivity index (χ2n) is 4.18. The first-order valence-electron chi connectivity index (χ1n) is 5.30. The zero-order valence-electron chi connectivity index (χ0n) is 9.08. The number of aromatic nitrogens is 1. The molecule has 92 valence electrons. The van der Waals surface area contributed by atoms with Gasteiger partial charge in [0.25, 0.3) is 0 Å². The van der Waals surface area contributed by atoms with E-state index in [1.165, 1.54) is 0 Å². The largest absolute Gasteiger partial charge is 0.480 e. The van der Waals surface area contributed by atoms with Crippen LogP contribution in [0, 0.1) is 0 Å². The zero-order valence-corrected chi connectivity index (χ0v) is 10.7. The Kier molecular flexibility index (Phi) is 3.76. The maximum absolute atomic E-state index is 11.0. The third-order valence-electron chi connectivity index (χ3n) is 2.81. The molecule has 1 saturated heterocycles. The number of hydrogen-bond acceptors (Lipinski definition) is 4. The van der Waals surface area contributed by atoms with Gasteiger partial charge in [0.1, 0.15) is 6.04 Å². The fourth-order valence-corrected chi connectivity index (χ4v) is 2.50. The third kappa shape index (κ3) is 3.02. The molecule has 6 heteroatoms. The Morgan fingerprint density at radius 2 is 2.35 bits per heavy atom. The van der Waals surface area contributed by atoms with Crippen molar-refractivity contribution >= 4 is 21.9 Å². The number of aliphatic hydroxyl groups excluding tert-OH is 1. The van der Waals surface area contributed by atoms with Crippen LogP contribution in [0.4, 0.5) is 0 Å². The molecule has 1 aliphatic rings. The van der Waals surface area contributed by atoms with Crippen LogP contribution in [0.1, 0.15) is 12.0 Å². The normalized spacial score (nSPS) is 25.1. The van der Waals surface area contributed by atoms with E-state index in [4.69, 9.17) is 5.11 Å². The lowest BCUT2D eigenvalue weighted by Crippen LogP contribution is -2.35. The average Bonchev–Trinajstić information content (AvgIpc) is 2.59. The summed E-state index contributed by atoms with van der Waals surface area (Å²) in [6, 6.07) is 1.29. The standard InChI is InChI=1S/C11H13BrN2O3/c12-8-1-7(3-13-4-8)5-14-6-9(15)2-10(14)11(16)17/h1,3-4,9-10,15H,2,5-6H2,(H,16,17). The van der Waals surface area contributed by atoms with Gasteiger partial charge in [0.05, 0.1) is 6.10 Å². The Labute approximate surface area is 107 Å². The van der Waals surface area contributed by atoms with Gasteiger partial charge in [0.15, 0.2) is 0 Å². The molecule has 1 aromatic heterocycles. The number of nitrogens with zero attached hydrogens (tertiary/aromatic N) is 2. The van der Waals surface area contributed by atoms with Gasteiger partial charge in [-0.15, -0.1) is 0 Å². The number of pyridine rings is 1. The van der Waals surface area contributed by atoms with Gasteiger partial charge in [0, 0.05) is 36.4 Å². The van der Waals surface area contributed by atoms with E-state index >= 15 is 0 Å². The Balaban J connectivity index is 2.09. The SMILES string of the molecule is O=C(O)C1CC(O)CN1Cc1cncc(Br)c1. The van der Waals surface area contributed by atoms with Crippen molar-refractivity contribution in [1.29, 1.82) is 0 Å². The van der Waals surface area contributed by atoms with Crippen LogP contribution < -0.4 is 0 Å². The summed E-state index contributed by atoms with van der Waals surface area (Å²) in [6.45, 7) is 0.879. The third-order valence-corrected chi connectivity index (χ3v) is 3.25. The summed E-state index contributed by atoms with van der Waals surface area (Å²) in [6.07, 6.45) is 3.11. The van der Waals surface area contributed by atoms with Crippen molar-refractivity contribution in [2.24, 2.45) is 0 Å². The molecule has 2 atom stereocenters. The van der Waals surface area contributed by atoms with Crippen molar-refractivity contribution in [2.75, 3.05) is 6.54 Å². The number of aliphatic hydroxyl groups is 1. The molecule has 0 aliphatic carbocycles. The molecule has 5 nitrogen and oxygen atoms in total. The Bertz CT molecular complexity index is 427. The zero-order chi connectivity index (χ0) is 12.4. The van der Waals surface area contributed by atoms with Crippen LogP contribution in [0.25, 0.3) is 0 Å². The number of likely N-dealkylation sites (tertiary alicyclic amines) is 1. The number of aliphatic carboxylic acids is 1. The van der Waals surface area contributed by atoms with E-state index in [0.29, 0.717) is 13.1 Å². The summed E-state index contributed by atoms with van der Waals surface area (Å²) in [4.78, 5) is 16.8. The summed E-state index contributed by atoms with van der Waals surface area (Å²) < 4.78 is 0.863. The number of carboxylic acids is 1. The Morgan fingerprint density at radius 1 is 1.59 bits per heavy atom. The number of halogens is 1. The highest BCUT2D eigenvalue weighted by Gasteiger charge is 2.35. The van der Waals surface area contributed by atoms with Gasteiger partial charge >= 0.3 is 5.97 Å². The van der Waals surface area contributed by atoms with Gasteiger partial charge in [-0.1, -0.05) is 0 Å². The van der Waals surface area contributed by atoms with Crippen molar-refractivity contribution in [3.63, 3.8) is 0 Å².